The average Bonchev–Trinajstić information content (AvgIpc) is 2.46. The quantitative estimate of drug-likeness (QED) is 0.804. The largest absolute Gasteiger partial charge is 0.465 e. The molecular formula is C13H16N6O2. The summed E-state index contributed by atoms with van der Waals surface area (Å²) in [5.74, 6) is 0.308. The minimum atomic E-state index is -0.451. The van der Waals surface area contributed by atoms with Gasteiger partial charge in [-0.25, -0.2) is 4.79 Å². The Balaban J connectivity index is 2.37. The Morgan fingerprint density at radius 1 is 1.24 bits per heavy atom. The number of carbonyl (C=O) groups is 1. The third-order valence-corrected chi connectivity index (χ3v) is 2.62. The molecule has 0 aliphatic carbocycles. The van der Waals surface area contributed by atoms with Crippen LogP contribution in [0.5, 0.6) is 0 Å². The maximum atomic E-state index is 11.7. The van der Waals surface area contributed by atoms with Gasteiger partial charge in [0, 0.05) is 14.1 Å². The maximum absolute atomic E-state index is 11.7. The minimum absolute atomic E-state index is 0.0896. The molecule has 0 radical (unpaired) electrons. The number of hydrogen-bond donors (Lipinski definition) is 2. The van der Waals surface area contributed by atoms with E-state index in [0.29, 0.717) is 17.2 Å². The van der Waals surface area contributed by atoms with Crippen LogP contribution in [0.1, 0.15) is 10.4 Å². The molecule has 1 aromatic carbocycles. The van der Waals surface area contributed by atoms with Crippen LogP contribution in [0.15, 0.2) is 24.3 Å². The van der Waals surface area contributed by atoms with Gasteiger partial charge in [-0.3, -0.25) is 0 Å². The van der Waals surface area contributed by atoms with Gasteiger partial charge in [0.2, 0.25) is 17.8 Å². The van der Waals surface area contributed by atoms with Crippen LogP contribution in [0.3, 0.4) is 0 Å². The van der Waals surface area contributed by atoms with Gasteiger partial charge in [0.25, 0.3) is 0 Å². The molecule has 0 saturated carbocycles. The van der Waals surface area contributed by atoms with Crippen molar-refractivity contribution in [2.75, 3.05) is 37.2 Å². The molecule has 0 aliphatic rings. The summed E-state index contributed by atoms with van der Waals surface area (Å²) < 4.78 is 4.74. The van der Waals surface area contributed by atoms with Crippen molar-refractivity contribution in [1.29, 1.82) is 0 Å². The van der Waals surface area contributed by atoms with Crippen molar-refractivity contribution in [2.24, 2.45) is 0 Å². The fraction of sp³-hybridized carbons (Fsp3) is 0.231. The molecule has 0 aliphatic heterocycles. The lowest BCUT2D eigenvalue weighted by Crippen LogP contribution is -2.16. The van der Waals surface area contributed by atoms with Crippen LogP contribution in [-0.4, -0.2) is 42.1 Å². The van der Waals surface area contributed by atoms with Gasteiger partial charge in [-0.05, 0) is 12.1 Å². The molecule has 1 aromatic heterocycles. The van der Waals surface area contributed by atoms with Crippen molar-refractivity contribution in [3.63, 3.8) is 0 Å². The number of aromatic nitrogens is 3. The highest BCUT2D eigenvalue weighted by molar-refractivity contribution is 5.96. The third-order valence-electron chi connectivity index (χ3n) is 2.62. The Morgan fingerprint density at radius 2 is 1.95 bits per heavy atom. The molecule has 0 bridgehead atoms. The van der Waals surface area contributed by atoms with Crippen LogP contribution >= 0.6 is 0 Å². The van der Waals surface area contributed by atoms with Gasteiger partial charge in [0.15, 0.2) is 0 Å². The summed E-state index contributed by atoms with van der Waals surface area (Å²) in [6.07, 6.45) is 0. The Hall–Kier alpha value is -2.90. The van der Waals surface area contributed by atoms with Gasteiger partial charge in [-0.15, -0.1) is 0 Å². The molecule has 0 atom stereocenters. The molecule has 8 heteroatoms. The van der Waals surface area contributed by atoms with Crippen LogP contribution in [0.2, 0.25) is 0 Å². The second-order valence-electron chi connectivity index (χ2n) is 4.37. The Bertz CT molecular complexity index is 659. The second kappa shape index (κ2) is 6.04. The normalized spacial score (nSPS) is 10.0. The number of carbonyl (C=O) groups excluding carboxylic acids is 1. The molecule has 0 spiro atoms. The molecular weight excluding hydrogens is 272 g/mol. The molecule has 2 aromatic rings. The number of para-hydroxylation sites is 1. The van der Waals surface area contributed by atoms with Crippen LogP contribution in [0.25, 0.3) is 0 Å². The van der Waals surface area contributed by atoms with Crippen molar-refractivity contribution in [1.82, 2.24) is 15.0 Å². The van der Waals surface area contributed by atoms with E-state index in [9.17, 15) is 4.79 Å². The van der Waals surface area contributed by atoms with Gasteiger partial charge in [0.1, 0.15) is 0 Å². The zero-order valence-corrected chi connectivity index (χ0v) is 12.0. The van der Waals surface area contributed by atoms with E-state index in [2.05, 4.69) is 20.3 Å². The minimum Gasteiger partial charge on any atom is -0.465 e. The molecule has 0 amide bonds. The van der Waals surface area contributed by atoms with Crippen LogP contribution in [0, 0.1) is 0 Å². The number of nitrogens with zero attached hydrogens (tertiary/aromatic N) is 4. The summed E-state index contributed by atoms with van der Waals surface area (Å²) in [5, 5.41) is 2.95. The monoisotopic (exact) mass is 288 g/mol. The summed E-state index contributed by atoms with van der Waals surface area (Å²) in [6.45, 7) is 0. The average molecular weight is 288 g/mol. The fourth-order valence-electron chi connectivity index (χ4n) is 1.64. The highest BCUT2D eigenvalue weighted by atomic mass is 16.5. The van der Waals surface area contributed by atoms with E-state index >= 15 is 0 Å². The number of nitrogen functional groups attached to an aromatic ring is 1. The number of nitrogens with one attached hydrogen (secondary N) is 1. The Morgan fingerprint density at radius 3 is 2.62 bits per heavy atom. The van der Waals surface area contributed by atoms with E-state index in [4.69, 9.17) is 10.5 Å². The standard InChI is InChI=1S/C13H16N6O2/c1-19(2)13-17-11(14)16-12(18-13)15-9-7-5-4-6-8(9)10(20)21-3/h4-7H,1-3H3,(H3,14,15,16,17,18). The number of hydrogen-bond acceptors (Lipinski definition) is 8. The van der Waals surface area contributed by atoms with Crippen molar-refractivity contribution in [3.8, 4) is 0 Å². The van der Waals surface area contributed by atoms with Crippen molar-refractivity contribution >= 4 is 29.5 Å². The number of ether oxygens (including phenoxy) is 1. The summed E-state index contributed by atoms with van der Waals surface area (Å²) in [5.41, 5.74) is 6.56. The number of anilines is 4. The molecule has 0 fully saturated rings. The van der Waals surface area contributed by atoms with Gasteiger partial charge in [-0.2, -0.15) is 15.0 Å². The zero-order valence-electron chi connectivity index (χ0n) is 12.0. The highest BCUT2D eigenvalue weighted by Crippen LogP contribution is 2.20. The third kappa shape index (κ3) is 3.35. The van der Waals surface area contributed by atoms with Gasteiger partial charge >= 0.3 is 5.97 Å². The van der Waals surface area contributed by atoms with E-state index in [-0.39, 0.29) is 11.9 Å². The first kappa shape index (κ1) is 14.5. The number of benzene rings is 1. The summed E-state index contributed by atoms with van der Waals surface area (Å²) in [4.78, 5) is 25.6. The first-order valence-electron chi connectivity index (χ1n) is 6.14. The lowest BCUT2D eigenvalue weighted by Gasteiger charge is -2.13. The van der Waals surface area contributed by atoms with E-state index in [1.54, 1.807) is 43.3 Å². The molecule has 2 rings (SSSR count). The Labute approximate surface area is 122 Å². The SMILES string of the molecule is COC(=O)c1ccccc1Nc1nc(N)nc(N(C)C)n1. The van der Waals surface area contributed by atoms with E-state index in [1.165, 1.54) is 7.11 Å². The summed E-state index contributed by atoms with van der Waals surface area (Å²) in [7, 11) is 4.91. The van der Waals surface area contributed by atoms with Gasteiger partial charge in [-0.1, -0.05) is 12.1 Å². The van der Waals surface area contributed by atoms with Crippen molar-refractivity contribution in [2.45, 2.75) is 0 Å². The molecule has 3 N–H and O–H groups in total. The van der Waals surface area contributed by atoms with Crippen molar-refractivity contribution < 1.29 is 9.53 Å². The fourth-order valence-corrected chi connectivity index (χ4v) is 1.64. The topological polar surface area (TPSA) is 106 Å². The maximum Gasteiger partial charge on any atom is 0.339 e. The number of nitrogens with two attached hydrogens (primary N) is 1. The number of rotatable bonds is 4. The van der Waals surface area contributed by atoms with Crippen LogP contribution in [0.4, 0.5) is 23.5 Å². The molecule has 21 heavy (non-hydrogen) atoms. The van der Waals surface area contributed by atoms with E-state index in [1.807, 2.05) is 0 Å². The molecule has 0 saturated heterocycles. The zero-order chi connectivity index (χ0) is 15.4. The van der Waals surface area contributed by atoms with Crippen molar-refractivity contribution in [3.05, 3.63) is 29.8 Å². The number of methoxy groups -OCH3 is 1. The molecule has 1 heterocycles. The van der Waals surface area contributed by atoms with Crippen LogP contribution in [-0.2, 0) is 4.74 Å². The highest BCUT2D eigenvalue weighted by Gasteiger charge is 2.13. The molecule has 110 valence electrons. The van der Waals surface area contributed by atoms with Gasteiger partial charge in [0.05, 0.1) is 18.4 Å². The first-order valence-corrected chi connectivity index (χ1v) is 6.14. The lowest BCUT2D eigenvalue weighted by molar-refractivity contribution is 0.0602. The Kier molecular flexibility index (Phi) is 4.17. The summed E-state index contributed by atoms with van der Waals surface area (Å²) >= 11 is 0. The van der Waals surface area contributed by atoms with E-state index in [0.717, 1.165) is 0 Å². The lowest BCUT2D eigenvalue weighted by atomic mass is 10.2. The van der Waals surface area contributed by atoms with Crippen LogP contribution < -0.4 is 16.0 Å². The summed E-state index contributed by atoms with van der Waals surface area (Å²) in [6, 6.07) is 6.89. The smallest absolute Gasteiger partial charge is 0.339 e. The predicted octanol–water partition coefficient (Wildman–Crippen LogP) is 1.05. The second-order valence-corrected chi connectivity index (χ2v) is 4.37. The van der Waals surface area contributed by atoms with Gasteiger partial charge < -0.3 is 20.7 Å². The van der Waals surface area contributed by atoms with E-state index < -0.39 is 5.97 Å². The molecule has 8 nitrogen and oxygen atoms in total. The predicted molar refractivity (Wildman–Crippen MR) is 79.6 cm³/mol. The first-order chi connectivity index (χ1) is 10.0. The number of esters is 1. The molecule has 0 unspecified atom stereocenters.